The highest BCUT2D eigenvalue weighted by Gasteiger charge is 2.30. The van der Waals surface area contributed by atoms with Crippen molar-refractivity contribution in [1.82, 2.24) is 9.97 Å². The Morgan fingerprint density at radius 3 is 2.75 bits per heavy atom. The molecule has 8 heteroatoms. The Morgan fingerprint density at radius 1 is 1.19 bits per heavy atom. The molecule has 4 rings (SSSR count). The molecule has 32 heavy (non-hydrogen) atoms. The number of rotatable bonds is 5. The molecule has 0 atom stereocenters. The number of nitrogens with zero attached hydrogens (tertiary/aromatic N) is 3. The molecule has 0 saturated heterocycles. The number of anilines is 1. The second kappa shape index (κ2) is 8.94. The van der Waals surface area contributed by atoms with Gasteiger partial charge in [0.25, 0.3) is 0 Å². The minimum atomic E-state index is -4.43. The van der Waals surface area contributed by atoms with E-state index in [2.05, 4.69) is 27.5 Å². The van der Waals surface area contributed by atoms with Gasteiger partial charge in [-0.3, -0.25) is 4.79 Å². The van der Waals surface area contributed by atoms with Crippen LogP contribution in [-0.2, 0) is 31.3 Å². The van der Waals surface area contributed by atoms with Gasteiger partial charge in [0.1, 0.15) is 5.82 Å². The number of carbonyl (C=O) groups is 1. The number of carbonyl (C=O) groups excluding carboxylic acids is 1. The summed E-state index contributed by atoms with van der Waals surface area (Å²) in [5.74, 6) is 0.982. The summed E-state index contributed by atoms with van der Waals surface area (Å²) in [6, 6.07) is 10.4. The number of hydrogen-bond donors (Lipinski definition) is 1. The Morgan fingerprint density at radius 2 is 2.00 bits per heavy atom. The molecule has 1 aliphatic rings. The minimum Gasteiger partial charge on any atom is -0.366 e. The second-order valence-corrected chi connectivity index (χ2v) is 8.20. The average molecular weight is 458 g/mol. The highest BCUT2D eigenvalue weighted by atomic mass is 32.1. The van der Waals surface area contributed by atoms with Gasteiger partial charge >= 0.3 is 6.18 Å². The molecule has 166 valence electrons. The summed E-state index contributed by atoms with van der Waals surface area (Å²) >= 11 is 4.23. The number of hydrogen-bond acceptors (Lipinski definition) is 5. The number of halogens is 3. The van der Waals surface area contributed by atoms with E-state index in [1.54, 1.807) is 12.1 Å². The van der Waals surface area contributed by atoms with Gasteiger partial charge in [0, 0.05) is 48.9 Å². The Hall–Kier alpha value is -2.87. The molecule has 0 unspecified atom stereocenters. The van der Waals surface area contributed by atoms with Crippen LogP contribution in [0.5, 0.6) is 0 Å². The summed E-state index contributed by atoms with van der Waals surface area (Å²) in [7, 11) is 0. The summed E-state index contributed by atoms with van der Waals surface area (Å²) in [6.45, 7) is 3.36. The number of aryl methyl sites for hydroxylation is 1. The molecular formula is C24H22F3N3OS. The number of fused-ring (bicyclic) bond motifs is 1. The first-order valence-electron chi connectivity index (χ1n) is 10.2. The van der Waals surface area contributed by atoms with Crippen molar-refractivity contribution in [1.29, 1.82) is 0 Å². The molecule has 0 aliphatic carbocycles. The smallest absolute Gasteiger partial charge is 0.366 e. The van der Waals surface area contributed by atoms with E-state index in [1.807, 2.05) is 25.3 Å². The van der Waals surface area contributed by atoms with Crippen LogP contribution in [0, 0.1) is 6.92 Å². The van der Waals surface area contributed by atoms with Crippen LogP contribution >= 0.6 is 12.6 Å². The molecule has 0 saturated carbocycles. The number of ketones is 1. The van der Waals surface area contributed by atoms with Gasteiger partial charge < -0.3 is 4.90 Å². The summed E-state index contributed by atoms with van der Waals surface area (Å²) < 4.78 is 38.9. The molecule has 1 aromatic heterocycles. The van der Waals surface area contributed by atoms with E-state index in [0.717, 1.165) is 47.6 Å². The predicted octanol–water partition coefficient (Wildman–Crippen LogP) is 5.22. The van der Waals surface area contributed by atoms with Crippen LogP contribution < -0.4 is 4.90 Å². The molecule has 0 amide bonds. The normalized spacial score (nSPS) is 13.7. The molecule has 2 aromatic carbocycles. The zero-order chi connectivity index (χ0) is 22.9. The Balaban J connectivity index is 1.54. The number of thiol groups is 1. The van der Waals surface area contributed by atoms with Gasteiger partial charge in [-0.15, -0.1) is 0 Å². The van der Waals surface area contributed by atoms with Crippen LogP contribution in [0.15, 0.2) is 48.7 Å². The van der Waals surface area contributed by atoms with Crippen LogP contribution in [-0.4, -0.2) is 22.3 Å². The minimum absolute atomic E-state index is 0.0877. The third kappa shape index (κ3) is 4.80. The SMILES string of the molecule is Cc1ccc(C(=O)Cc2cccc(C(F)(F)F)c2)cc1N1CCc2nc(CS)ncc2C1. The Labute approximate surface area is 189 Å². The third-order valence-corrected chi connectivity index (χ3v) is 5.90. The summed E-state index contributed by atoms with van der Waals surface area (Å²) in [5.41, 5.74) is 4.10. The number of aromatic nitrogens is 2. The van der Waals surface area contributed by atoms with Crippen molar-refractivity contribution in [2.75, 3.05) is 11.4 Å². The van der Waals surface area contributed by atoms with Crippen molar-refractivity contribution in [3.63, 3.8) is 0 Å². The van der Waals surface area contributed by atoms with Crippen molar-refractivity contribution in [3.8, 4) is 0 Å². The predicted molar refractivity (Wildman–Crippen MR) is 120 cm³/mol. The van der Waals surface area contributed by atoms with Gasteiger partial charge in [0.05, 0.1) is 17.0 Å². The summed E-state index contributed by atoms with van der Waals surface area (Å²) in [5, 5.41) is 0. The lowest BCUT2D eigenvalue weighted by molar-refractivity contribution is -0.137. The fourth-order valence-corrected chi connectivity index (χ4v) is 4.06. The Kier molecular flexibility index (Phi) is 6.24. The van der Waals surface area contributed by atoms with E-state index >= 15 is 0 Å². The fourth-order valence-electron chi connectivity index (χ4n) is 3.91. The van der Waals surface area contributed by atoms with Gasteiger partial charge in [-0.05, 0) is 30.2 Å². The van der Waals surface area contributed by atoms with E-state index in [0.29, 0.717) is 29.2 Å². The first kappa shape index (κ1) is 22.3. The highest BCUT2D eigenvalue weighted by Crippen LogP contribution is 2.31. The highest BCUT2D eigenvalue weighted by molar-refractivity contribution is 7.79. The molecule has 1 aliphatic heterocycles. The van der Waals surface area contributed by atoms with Crippen LogP contribution in [0.1, 0.15) is 44.1 Å². The fraction of sp³-hybridized carbons (Fsp3) is 0.292. The third-order valence-electron chi connectivity index (χ3n) is 5.62. The molecular weight excluding hydrogens is 435 g/mol. The van der Waals surface area contributed by atoms with Crippen molar-refractivity contribution >= 4 is 24.1 Å². The maximum absolute atomic E-state index is 13.0. The molecule has 0 fully saturated rings. The average Bonchev–Trinajstić information content (AvgIpc) is 2.78. The Bertz CT molecular complexity index is 1160. The topological polar surface area (TPSA) is 46.1 Å². The van der Waals surface area contributed by atoms with Gasteiger partial charge in [-0.1, -0.05) is 30.3 Å². The largest absolute Gasteiger partial charge is 0.416 e. The van der Waals surface area contributed by atoms with Gasteiger partial charge in [0.2, 0.25) is 0 Å². The lowest BCUT2D eigenvalue weighted by Crippen LogP contribution is -2.32. The molecule has 0 N–H and O–H groups in total. The van der Waals surface area contributed by atoms with Crippen molar-refractivity contribution in [2.45, 2.75) is 38.2 Å². The lowest BCUT2D eigenvalue weighted by Gasteiger charge is -2.31. The van der Waals surface area contributed by atoms with E-state index in [9.17, 15) is 18.0 Å². The maximum Gasteiger partial charge on any atom is 0.416 e. The quantitative estimate of drug-likeness (QED) is 0.421. The standard InChI is InChI=1S/C24H22F3N3OS/c1-15-5-6-17(22(31)10-16-3-2-4-19(9-16)24(25,26)27)11-21(15)30-8-7-20-18(13-30)12-28-23(14-32)29-20/h2-6,9,11-12,32H,7-8,10,13-14H2,1H3. The number of alkyl halides is 3. The lowest BCUT2D eigenvalue weighted by atomic mass is 9.98. The molecule has 3 aromatic rings. The molecule has 0 spiro atoms. The van der Waals surface area contributed by atoms with E-state index in [4.69, 9.17) is 0 Å². The van der Waals surface area contributed by atoms with Crippen LogP contribution in [0.4, 0.5) is 18.9 Å². The number of Topliss-reactive ketones (excluding diaryl/α,β-unsaturated/α-hetero) is 1. The van der Waals surface area contributed by atoms with Crippen molar-refractivity contribution in [2.24, 2.45) is 0 Å². The zero-order valence-electron chi connectivity index (χ0n) is 17.5. The second-order valence-electron chi connectivity index (χ2n) is 7.89. The first-order valence-corrected chi connectivity index (χ1v) is 10.9. The van der Waals surface area contributed by atoms with Crippen LogP contribution in [0.2, 0.25) is 0 Å². The van der Waals surface area contributed by atoms with Crippen LogP contribution in [0.3, 0.4) is 0 Å². The zero-order valence-corrected chi connectivity index (χ0v) is 18.4. The van der Waals surface area contributed by atoms with E-state index in [1.165, 1.54) is 6.07 Å². The van der Waals surface area contributed by atoms with Gasteiger partial charge in [0.15, 0.2) is 5.78 Å². The molecule has 2 heterocycles. The molecule has 0 bridgehead atoms. The van der Waals surface area contributed by atoms with E-state index < -0.39 is 11.7 Å². The van der Waals surface area contributed by atoms with Gasteiger partial charge in [-0.2, -0.15) is 25.8 Å². The van der Waals surface area contributed by atoms with Crippen molar-refractivity contribution in [3.05, 3.63) is 88.0 Å². The summed E-state index contributed by atoms with van der Waals surface area (Å²) in [4.78, 5) is 23.9. The monoisotopic (exact) mass is 457 g/mol. The summed E-state index contributed by atoms with van der Waals surface area (Å²) in [6.07, 6.45) is -1.92. The van der Waals surface area contributed by atoms with Crippen molar-refractivity contribution < 1.29 is 18.0 Å². The maximum atomic E-state index is 13.0. The van der Waals surface area contributed by atoms with Gasteiger partial charge in [-0.25, -0.2) is 9.97 Å². The molecule has 0 radical (unpaired) electrons. The molecule has 4 nitrogen and oxygen atoms in total. The van der Waals surface area contributed by atoms with Crippen LogP contribution in [0.25, 0.3) is 0 Å². The van der Waals surface area contributed by atoms with E-state index in [-0.39, 0.29) is 12.2 Å². The number of benzene rings is 2. The first-order chi connectivity index (χ1) is 15.2.